The third kappa shape index (κ3) is 9.12. The van der Waals surface area contributed by atoms with Crippen molar-refractivity contribution in [2.24, 2.45) is 5.92 Å². The van der Waals surface area contributed by atoms with Crippen molar-refractivity contribution >= 4 is 14.0 Å². The van der Waals surface area contributed by atoms with Crippen LogP contribution in [0.25, 0.3) is 0 Å². The van der Waals surface area contributed by atoms with Crippen LogP contribution in [0.15, 0.2) is 35.9 Å². The molecule has 196 valence electrons. The zero-order valence-corrected chi connectivity index (χ0v) is 21.8. The molecule has 0 heterocycles. The van der Waals surface area contributed by atoms with E-state index < -0.39 is 20.1 Å². The van der Waals surface area contributed by atoms with Crippen LogP contribution in [0, 0.1) is 5.92 Å². The average molecular weight is 511 g/mol. The van der Waals surface area contributed by atoms with Gasteiger partial charge in [0.2, 0.25) is 0 Å². The molecule has 35 heavy (non-hydrogen) atoms. The van der Waals surface area contributed by atoms with Crippen LogP contribution in [0.5, 0.6) is 5.75 Å². The molecule has 0 aliphatic heterocycles. The van der Waals surface area contributed by atoms with Crippen molar-refractivity contribution < 1.29 is 38.6 Å². The maximum Gasteiger partial charge on any atom is 0.505 e. The van der Waals surface area contributed by atoms with Gasteiger partial charge in [-0.1, -0.05) is 49.6 Å². The number of phenolic OH excluding ortho intramolecular Hbond substituents is 1. The lowest BCUT2D eigenvalue weighted by Gasteiger charge is -2.34. The van der Waals surface area contributed by atoms with E-state index in [1.54, 1.807) is 6.07 Å². The highest BCUT2D eigenvalue weighted by Crippen LogP contribution is 2.50. The van der Waals surface area contributed by atoms with Crippen molar-refractivity contribution in [1.29, 1.82) is 0 Å². The van der Waals surface area contributed by atoms with E-state index in [9.17, 15) is 24.3 Å². The summed E-state index contributed by atoms with van der Waals surface area (Å²) in [5.74, 6) is -0.100. The first-order chi connectivity index (χ1) is 16.4. The first-order valence-corrected chi connectivity index (χ1v) is 13.7. The molecule has 0 bridgehead atoms. The largest absolute Gasteiger partial charge is 0.508 e. The second-order valence-corrected chi connectivity index (χ2v) is 10.6. The number of unbranched alkanes of at least 4 members (excludes halogenated alkanes) is 2. The van der Waals surface area contributed by atoms with Gasteiger partial charge >= 0.3 is 14.0 Å². The van der Waals surface area contributed by atoms with Crippen molar-refractivity contribution in [3.05, 3.63) is 52.6 Å². The highest BCUT2D eigenvalue weighted by Gasteiger charge is 2.34. The Balaban J connectivity index is 2.60. The Bertz CT molecular complexity index is 964. The summed E-state index contributed by atoms with van der Waals surface area (Å²) < 4.78 is 21.7. The molecule has 3 atom stereocenters. The molecule has 0 saturated carbocycles. The smallest absolute Gasteiger partial charge is 0.505 e. The highest BCUT2D eigenvalue weighted by molar-refractivity contribution is 7.46. The predicted molar refractivity (Wildman–Crippen MR) is 134 cm³/mol. The molecule has 0 amide bonds. The van der Waals surface area contributed by atoms with Gasteiger partial charge in [-0.3, -0.25) is 4.52 Å². The van der Waals surface area contributed by atoms with Crippen LogP contribution in [-0.4, -0.2) is 32.8 Å². The standard InChI is InChI=1S/C26H39O8P/c1-5-6-7-9-19-15-22(24(34-35(30,31)32)10-8-13-33-26(28)29)25(23(27)16-19)21-14-18(4)11-12-20(21)17(2)3/h14-16,20-21,24,27H,2,5-13H2,1,3-4H3,(H,28,29)(H2,30,31,32)/t20-,21+,24?/m0/s1. The molecule has 1 unspecified atom stereocenters. The second-order valence-electron chi connectivity index (χ2n) is 9.45. The van der Waals surface area contributed by atoms with Crippen molar-refractivity contribution in [1.82, 2.24) is 0 Å². The van der Waals surface area contributed by atoms with E-state index in [0.29, 0.717) is 17.5 Å². The monoisotopic (exact) mass is 510 g/mol. The van der Waals surface area contributed by atoms with Crippen molar-refractivity contribution in [3.63, 3.8) is 0 Å². The van der Waals surface area contributed by atoms with Gasteiger partial charge in [0, 0.05) is 11.5 Å². The summed E-state index contributed by atoms with van der Waals surface area (Å²) >= 11 is 0. The number of aromatic hydroxyl groups is 1. The fourth-order valence-electron chi connectivity index (χ4n) is 4.84. The summed E-state index contributed by atoms with van der Waals surface area (Å²) in [6, 6.07) is 3.61. The topological polar surface area (TPSA) is 134 Å². The predicted octanol–water partition coefficient (Wildman–Crippen LogP) is 6.77. The number of phosphoric acid groups is 1. The maximum atomic E-state index is 11.9. The molecule has 2 rings (SSSR count). The number of carbonyl (C=O) groups is 1. The van der Waals surface area contributed by atoms with Gasteiger partial charge in [-0.15, -0.1) is 0 Å². The summed E-state index contributed by atoms with van der Waals surface area (Å²) in [5.41, 5.74) is 4.09. The number of benzene rings is 1. The maximum absolute atomic E-state index is 11.9. The van der Waals surface area contributed by atoms with Crippen LogP contribution in [0.1, 0.15) is 94.4 Å². The van der Waals surface area contributed by atoms with Crippen LogP contribution in [0.4, 0.5) is 4.79 Å². The Morgan fingerprint density at radius 3 is 2.57 bits per heavy atom. The van der Waals surface area contributed by atoms with Gasteiger partial charge < -0.3 is 24.7 Å². The number of hydrogen-bond acceptors (Lipinski definition) is 5. The van der Waals surface area contributed by atoms with Gasteiger partial charge in [-0.2, -0.15) is 0 Å². The zero-order chi connectivity index (χ0) is 26.2. The van der Waals surface area contributed by atoms with E-state index in [1.807, 2.05) is 19.9 Å². The highest BCUT2D eigenvalue weighted by atomic mass is 31.2. The molecular formula is C26H39O8P. The molecule has 1 aliphatic carbocycles. The van der Waals surface area contributed by atoms with Crippen LogP contribution >= 0.6 is 7.82 Å². The number of hydrogen-bond donors (Lipinski definition) is 4. The normalized spacial score (nSPS) is 19.2. The van der Waals surface area contributed by atoms with Gasteiger partial charge in [-0.25, -0.2) is 9.36 Å². The summed E-state index contributed by atoms with van der Waals surface area (Å²) in [4.78, 5) is 30.1. The number of phosphoric ester groups is 1. The Labute approximate surface area is 207 Å². The molecule has 0 fully saturated rings. The minimum absolute atomic E-state index is 0.0559. The van der Waals surface area contributed by atoms with Crippen LogP contribution in [-0.2, 0) is 20.2 Å². The van der Waals surface area contributed by atoms with E-state index in [4.69, 9.17) is 9.63 Å². The first kappa shape index (κ1) is 29.1. The third-order valence-corrected chi connectivity index (χ3v) is 7.01. The lowest BCUT2D eigenvalue weighted by Crippen LogP contribution is -2.20. The van der Waals surface area contributed by atoms with E-state index in [0.717, 1.165) is 43.2 Å². The first-order valence-electron chi connectivity index (χ1n) is 12.2. The number of carboxylic acid groups (broad SMARTS) is 1. The number of aryl methyl sites for hydroxylation is 1. The fourth-order valence-corrected chi connectivity index (χ4v) is 5.39. The number of allylic oxidation sites excluding steroid dienone is 3. The van der Waals surface area contributed by atoms with E-state index >= 15 is 0 Å². The molecule has 0 radical (unpaired) electrons. The molecule has 8 nitrogen and oxygen atoms in total. The third-order valence-electron chi connectivity index (χ3n) is 6.48. The molecule has 4 N–H and O–H groups in total. The molecule has 9 heteroatoms. The van der Waals surface area contributed by atoms with Gasteiger partial charge in [0.15, 0.2) is 0 Å². The lowest BCUT2D eigenvalue weighted by molar-refractivity contribution is 0.0799. The Morgan fingerprint density at radius 1 is 1.26 bits per heavy atom. The Hall–Kier alpha value is -2.12. The quantitative estimate of drug-likeness (QED) is 0.0989. The SMILES string of the molecule is C=C(C)[C@@H]1CCC(C)=C[C@H]1c1c(O)cc(CCCCC)cc1C(CCCOC(=O)O)OP(=O)(O)O. The Morgan fingerprint density at radius 2 is 1.97 bits per heavy atom. The van der Waals surface area contributed by atoms with Gasteiger partial charge in [0.05, 0.1) is 12.7 Å². The summed E-state index contributed by atoms with van der Waals surface area (Å²) in [7, 11) is -4.89. The van der Waals surface area contributed by atoms with E-state index in [-0.39, 0.29) is 37.0 Å². The molecule has 1 aromatic rings. The number of ether oxygens (including phenoxy) is 1. The summed E-state index contributed by atoms with van der Waals surface area (Å²) in [5, 5.41) is 20.0. The van der Waals surface area contributed by atoms with Crippen molar-refractivity contribution in [3.8, 4) is 5.75 Å². The number of phenols is 1. The Kier molecular flexibility index (Phi) is 11.0. The zero-order valence-electron chi connectivity index (χ0n) is 20.9. The fraction of sp³-hybridized carbons (Fsp3) is 0.577. The summed E-state index contributed by atoms with van der Waals surface area (Å²) in [6.45, 7) is 10.1. The molecule has 0 saturated heterocycles. The van der Waals surface area contributed by atoms with Gasteiger partial charge in [0.25, 0.3) is 0 Å². The second kappa shape index (κ2) is 13.3. The molecule has 1 aliphatic rings. The molecular weight excluding hydrogens is 471 g/mol. The molecule has 0 spiro atoms. The van der Waals surface area contributed by atoms with Gasteiger partial charge in [-0.05, 0) is 75.5 Å². The van der Waals surface area contributed by atoms with Crippen LogP contribution in [0.2, 0.25) is 0 Å². The molecule has 0 aromatic heterocycles. The molecule has 1 aromatic carbocycles. The average Bonchev–Trinajstić information content (AvgIpc) is 2.74. The van der Waals surface area contributed by atoms with E-state index in [2.05, 4.69) is 24.3 Å². The van der Waals surface area contributed by atoms with Crippen molar-refractivity contribution in [2.45, 2.75) is 84.2 Å². The number of rotatable bonds is 13. The van der Waals surface area contributed by atoms with Gasteiger partial charge in [0.1, 0.15) is 5.75 Å². The van der Waals surface area contributed by atoms with Crippen LogP contribution < -0.4 is 0 Å². The minimum atomic E-state index is -4.89. The van der Waals surface area contributed by atoms with Crippen LogP contribution in [0.3, 0.4) is 0 Å². The van der Waals surface area contributed by atoms with Crippen molar-refractivity contribution in [2.75, 3.05) is 6.61 Å². The lowest BCUT2D eigenvalue weighted by atomic mass is 9.72. The minimum Gasteiger partial charge on any atom is -0.508 e. The summed E-state index contributed by atoms with van der Waals surface area (Å²) in [6.07, 6.45) is 5.39. The van der Waals surface area contributed by atoms with E-state index in [1.165, 1.54) is 5.57 Å².